The number of aliphatic hydroxyl groups is 2. The molecule has 318 valence electrons. The highest BCUT2D eigenvalue weighted by molar-refractivity contribution is 7.88. The normalized spacial score (nSPS) is 37.3. The Hall–Kier alpha value is -3.35. The van der Waals surface area contributed by atoms with Crippen molar-refractivity contribution in [3.8, 4) is 0 Å². The smallest absolute Gasteiger partial charge is 0.249 e. The number of amides is 1. The van der Waals surface area contributed by atoms with Crippen molar-refractivity contribution in [3.63, 3.8) is 0 Å². The van der Waals surface area contributed by atoms with E-state index in [0.29, 0.717) is 36.6 Å². The van der Waals surface area contributed by atoms with Crippen LogP contribution >= 0.6 is 0 Å². The van der Waals surface area contributed by atoms with Crippen LogP contribution in [-0.4, -0.2) is 93.8 Å². The van der Waals surface area contributed by atoms with Gasteiger partial charge in [-0.05, 0) is 120 Å². The fourth-order valence-corrected chi connectivity index (χ4v) is 14.9. The molecule has 2 aromatic rings. The van der Waals surface area contributed by atoms with Crippen LogP contribution in [0.1, 0.15) is 133 Å². The summed E-state index contributed by atoms with van der Waals surface area (Å²) in [6, 6.07) is 1.73. The summed E-state index contributed by atoms with van der Waals surface area (Å²) in [7, 11) is -3.30. The maximum atomic E-state index is 15.0. The molecule has 1 amide bonds. The molecule has 2 N–H and O–H groups in total. The van der Waals surface area contributed by atoms with E-state index in [0.717, 1.165) is 58.9 Å². The number of nitrogens with zero attached hydrogens (tertiary/aromatic N) is 3. The number of carbonyl (C=O) groups is 2. The molecule has 11 heteroatoms. The Bertz CT molecular complexity index is 2450. The molecule has 0 spiro atoms. The molecule has 9 rings (SSSR count). The largest absolute Gasteiger partial charge is 0.392 e. The predicted molar refractivity (Wildman–Crippen MR) is 230 cm³/mol. The van der Waals surface area contributed by atoms with Crippen LogP contribution in [-0.2, 0) is 31.4 Å². The van der Waals surface area contributed by atoms with E-state index >= 15 is 0 Å². The second-order valence-corrected chi connectivity index (χ2v) is 23.0. The van der Waals surface area contributed by atoms with Gasteiger partial charge in [0.25, 0.3) is 0 Å². The number of fused-ring (bicyclic) bond motifs is 11. The minimum atomic E-state index is -3.30. The van der Waals surface area contributed by atoms with E-state index < -0.39 is 44.9 Å². The van der Waals surface area contributed by atoms with Gasteiger partial charge >= 0.3 is 0 Å². The van der Waals surface area contributed by atoms with Crippen LogP contribution in [0.4, 0.5) is 0 Å². The van der Waals surface area contributed by atoms with E-state index in [1.165, 1.54) is 21.8 Å². The minimum Gasteiger partial charge on any atom is -0.392 e. The van der Waals surface area contributed by atoms with Crippen LogP contribution in [0.15, 0.2) is 48.1 Å². The Morgan fingerprint density at radius 3 is 2.32 bits per heavy atom. The average molecular weight is 826 g/mol. The average Bonchev–Trinajstić information content (AvgIpc) is 3.81. The van der Waals surface area contributed by atoms with Crippen LogP contribution in [0.25, 0.3) is 16.5 Å². The monoisotopic (exact) mass is 825 g/mol. The molecule has 2 unspecified atom stereocenters. The van der Waals surface area contributed by atoms with Crippen LogP contribution in [0.2, 0.25) is 0 Å². The van der Waals surface area contributed by atoms with E-state index in [9.17, 15) is 28.2 Å². The highest BCUT2D eigenvalue weighted by Crippen LogP contribution is 2.71. The minimum absolute atomic E-state index is 0.0128. The van der Waals surface area contributed by atoms with E-state index in [1.807, 2.05) is 32.9 Å². The van der Waals surface area contributed by atoms with E-state index in [2.05, 4.69) is 64.0 Å². The fraction of sp³-hybridized carbons (Fsp3) is 0.625. The van der Waals surface area contributed by atoms with Gasteiger partial charge in [-0.2, -0.15) is 4.31 Å². The van der Waals surface area contributed by atoms with E-state index in [-0.39, 0.29) is 47.4 Å². The lowest BCUT2D eigenvalue weighted by Gasteiger charge is -2.64. The number of carbonyl (C=O) groups excluding carboxylic acids is 2. The highest BCUT2D eigenvalue weighted by atomic mass is 32.2. The van der Waals surface area contributed by atoms with Gasteiger partial charge in [0.2, 0.25) is 15.9 Å². The third kappa shape index (κ3) is 5.45. The van der Waals surface area contributed by atoms with Crippen molar-refractivity contribution in [2.75, 3.05) is 32.4 Å². The SMILES string of the molecule is C=C(C)[C@H]1C(=O)c2c3c(cc4c5c(n1c24)[C@@]1(C)C(CC[C@H]2[C@](C)(/C=C/C=C(\C)C(=O)N4CCN(S(C)(=O)=O)CC4)[C@@H](O)CC[C@@]21C)C5)C1=CC(C)(C)OC(C)(C)C1[C@@H]3O. The lowest BCUT2D eigenvalue weighted by atomic mass is 9.40. The molecule has 7 aliphatic rings. The van der Waals surface area contributed by atoms with Crippen LogP contribution in [0, 0.1) is 28.6 Å². The third-order valence-electron chi connectivity index (χ3n) is 16.7. The van der Waals surface area contributed by atoms with Crippen molar-refractivity contribution in [2.24, 2.45) is 28.6 Å². The Kier molecular flexibility index (Phi) is 8.93. The first-order chi connectivity index (χ1) is 27.4. The van der Waals surface area contributed by atoms with Crippen molar-refractivity contribution >= 4 is 38.2 Å². The first-order valence-corrected chi connectivity index (χ1v) is 23.6. The molecule has 1 aromatic heterocycles. The summed E-state index contributed by atoms with van der Waals surface area (Å²) < 4.78 is 34.3. The lowest BCUT2D eigenvalue weighted by Crippen LogP contribution is -2.62. The van der Waals surface area contributed by atoms with E-state index in [1.54, 1.807) is 11.8 Å². The maximum Gasteiger partial charge on any atom is 0.249 e. The van der Waals surface area contributed by atoms with Crippen LogP contribution in [0.3, 0.4) is 0 Å². The summed E-state index contributed by atoms with van der Waals surface area (Å²) in [5.41, 5.74) is 5.97. The number of hydrogen-bond donors (Lipinski definition) is 2. The lowest BCUT2D eigenvalue weighted by molar-refractivity contribution is -0.144. The molecule has 2 saturated carbocycles. The summed E-state index contributed by atoms with van der Waals surface area (Å²) in [6.45, 7) is 24.7. The van der Waals surface area contributed by atoms with Crippen LogP contribution in [0.5, 0.6) is 0 Å². The molecule has 9 atom stereocenters. The number of ketones is 1. The topological polar surface area (TPSA) is 129 Å². The van der Waals surface area contributed by atoms with Gasteiger partial charge in [0.1, 0.15) is 6.04 Å². The number of benzene rings is 1. The van der Waals surface area contributed by atoms with Gasteiger partial charge in [-0.1, -0.05) is 51.2 Å². The van der Waals surface area contributed by atoms with E-state index in [4.69, 9.17) is 4.74 Å². The Labute approximate surface area is 350 Å². The summed E-state index contributed by atoms with van der Waals surface area (Å²) in [5.74, 6) is 0.0805. The molecular formula is C48H63N3O7S. The van der Waals surface area contributed by atoms with Gasteiger partial charge in [0.05, 0.1) is 40.7 Å². The number of rotatable bonds is 5. The molecule has 4 heterocycles. The quantitative estimate of drug-likeness (QED) is 0.185. The summed E-state index contributed by atoms with van der Waals surface area (Å²) >= 11 is 0. The van der Waals surface area contributed by atoms with Gasteiger partial charge < -0.3 is 24.4 Å². The van der Waals surface area contributed by atoms with Gasteiger partial charge in [-0.25, -0.2) is 8.42 Å². The Morgan fingerprint density at radius 1 is 1.00 bits per heavy atom. The van der Waals surface area contributed by atoms with Crippen LogP contribution < -0.4 is 0 Å². The summed E-state index contributed by atoms with van der Waals surface area (Å²) in [6.07, 6.45) is 12.2. The number of hydrogen-bond acceptors (Lipinski definition) is 7. The first kappa shape index (κ1) is 41.0. The van der Waals surface area contributed by atoms with Crippen molar-refractivity contribution in [1.29, 1.82) is 0 Å². The van der Waals surface area contributed by atoms with Crippen molar-refractivity contribution < 1.29 is 33.0 Å². The number of Topliss-reactive ketones (excluding diaryl/α,β-unsaturated/α-hetero) is 1. The van der Waals surface area contributed by atoms with Gasteiger partial charge in [-0.15, -0.1) is 0 Å². The molecule has 0 radical (unpaired) electrons. The number of aromatic nitrogens is 1. The zero-order valence-corrected chi connectivity index (χ0v) is 37.4. The summed E-state index contributed by atoms with van der Waals surface area (Å²) in [4.78, 5) is 30.1. The standard InChI is InChI=1S/C48H63N3O7S/c1-26(2)38-41(54)36-35-29(32-25-44(4,5)58-45(6,7)37(32)40(35)53)24-30-31-23-28-14-15-33-46(8,34(52)16-18-47(33,9)48(28,10)42(31)51(38)39(30)36)17-12-13-27(3)43(55)49-19-21-50(22-20-49)59(11,56)57/h12-13,17,24-25,28,33-34,37-38,40,52-53H,1,14-16,18-23H2,2-11H3/b17-12+,27-13+/t28?,33-,34-,37?,38-,40+,46-,47-,48+/m0/s1. The molecule has 3 fully saturated rings. The molecule has 10 nitrogen and oxygen atoms in total. The maximum absolute atomic E-state index is 15.0. The van der Waals surface area contributed by atoms with Crippen molar-refractivity contribution in [2.45, 2.75) is 129 Å². The second kappa shape index (κ2) is 12.8. The molecule has 59 heavy (non-hydrogen) atoms. The Morgan fingerprint density at radius 2 is 1.68 bits per heavy atom. The zero-order valence-electron chi connectivity index (χ0n) is 36.6. The molecule has 1 aromatic carbocycles. The van der Waals surface area contributed by atoms with Gasteiger partial charge in [0, 0.05) is 65.1 Å². The van der Waals surface area contributed by atoms with Gasteiger partial charge in [-0.3, -0.25) is 9.59 Å². The Balaban J connectivity index is 1.12. The summed E-state index contributed by atoms with van der Waals surface area (Å²) in [5, 5.41) is 25.3. The number of sulfonamides is 1. The zero-order chi connectivity index (χ0) is 42.7. The van der Waals surface area contributed by atoms with Gasteiger partial charge in [0.15, 0.2) is 5.78 Å². The number of piperazine rings is 1. The molecule has 0 bridgehead atoms. The van der Waals surface area contributed by atoms with Crippen molar-refractivity contribution in [3.05, 3.63) is 76.0 Å². The molecular weight excluding hydrogens is 763 g/mol. The molecule has 3 aliphatic heterocycles. The molecule has 4 aliphatic carbocycles. The number of aliphatic hydroxyl groups excluding tert-OH is 2. The van der Waals surface area contributed by atoms with Crippen molar-refractivity contribution in [1.82, 2.24) is 13.8 Å². The predicted octanol–water partition coefficient (Wildman–Crippen LogP) is 7.20. The number of allylic oxidation sites excluding steroid dienone is 3. The third-order valence-corrected chi connectivity index (χ3v) is 18.0. The number of ether oxygens (including phenoxy) is 1. The first-order valence-electron chi connectivity index (χ1n) is 21.7. The fourth-order valence-electron chi connectivity index (χ4n) is 14.0. The second-order valence-electron chi connectivity index (χ2n) is 21.0. The molecule has 1 saturated heterocycles. The highest BCUT2D eigenvalue weighted by Gasteiger charge is 2.68.